The number of hydrogen-bond acceptors (Lipinski definition) is 1. The largest absolute Gasteiger partial charge is 0.337 e. The molecule has 0 aliphatic carbocycles. The van der Waals surface area contributed by atoms with Gasteiger partial charge in [-0.1, -0.05) is 60.2 Å². The molecule has 0 fully saturated rings. The van der Waals surface area contributed by atoms with Gasteiger partial charge in [0.1, 0.15) is 5.38 Å². The molecule has 2 aromatic rings. The third-order valence-corrected chi connectivity index (χ3v) is 4.24. The number of rotatable bonds is 4. The van der Waals surface area contributed by atoms with E-state index in [1.807, 2.05) is 44.2 Å². The molecule has 2 nitrogen and oxygen atoms in total. The first-order valence-corrected chi connectivity index (χ1v) is 7.46. The SMILES string of the molecule is Cc1ccc(C(C)N(C)C(=O)C(Cl)c2ccccc2)cc1. The van der Waals surface area contributed by atoms with Crippen molar-refractivity contribution in [3.05, 3.63) is 71.3 Å². The van der Waals surface area contributed by atoms with E-state index in [4.69, 9.17) is 11.6 Å². The maximum atomic E-state index is 12.5. The number of likely N-dealkylation sites (N-methyl/N-ethyl adjacent to an activating group) is 1. The molecule has 21 heavy (non-hydrogen) atoms. The molecule has 0 heterocycles. The molecular weight excluding hydrogens is 282 g/mol. The molecule has 3 heteroatoms. The van der Waals surface area contributed by atoms with Gasteiger partial charge in [0.2, 0.25) is 5.91 Å². The smallest absolute Gasteiger partial charge is 0.245 e. The summed E-state index contributed by atoms with van der Waals surface area (Å²) in [5.74, 6) is -0.0871. The fraction of sp³-hybridized carbons (Fsp3) is 0.278. The van der Waals surface area contributed by atoms with Crippen molar-refractivity contribution in [2.75, 3.05) is 7.05 Å². The van der Waals surface area contributed by atoms with Crippen LogP contribution in [0.3, 0.4) is 0 Å². The first-order valence-electron chi connectivity index (χ1n) is 7.03. The zero-order valence-corrected chi connectivity index (χ0v) is 13.3. The summed E-state index contributed by atoms with van der Waals surface area (Å²) in [6.45, 7) is 4.06. The van der Waals surface area contributed by atoms with E-state index in [0.717, 1.165) is 11.1 Å². The predicted octanol–water partition coefficient (Wildman–Crippen LogP) is 4.49. The zero-order valence-electron chi connectivity index (χ0n) is 12.6. The van der Waals surface area contributed by atoms with Gasteiger partial charge < -0.3 is 4.90 Å². The standard InChI is InChI=1S/C18H20ClNO/c1-13-9-11-15(12-10-13)14(2)20(3)18(21)17(19)16-7-5-4-6-8-16/h4-12,14,17H,1-3H3. The molecular formula is C18H20ClNO. The van der Waals surface area contributed by atoms with Crippen molar-refractivity contribution in [2.45, 2.75) is 25.3 Å². The molecule has 0 radical (unpaired) electrons. The average Bonchev–Trinajstić information content (AvgIpc) is 2.53. The summed E-state index contributed by atoms with van der Waals surface area (Å²) in [4.78, 5) is 14.2. The summed E-state index contributed by atoms with van der Waals surface area (Å²) < 4.78 is 0. The van der Waals surface area contributed by atoms with E-state index < -0.39 is 5.38 Å². The van der Waals surface area contributed by atoms with Gasteiger partial charge in [-0.05, 0) is 25.0 Å². The van der Waals surface area contributed by atoms with Gasteiger partial charge in [-0.3, -0.25) is 4.79 Å². The highest BCUT2D eigenvalue weighted by Gasteiger charge is 2.25. The first kappa shape index (κ1) is 15.6. The number of nitrogens with zero attached hydrogens (tertiary/aromatic N) is 1. The number of alkyl halides is 1. The predicted molar refractivity (Wildman–Crippen MR) is 87.4 cm³/mol. The Morgan fingerprint density at radius 2 is 1.57 bits per heavy atom. The van der Waals surface area contributed by atoms with E-state index in [2.05, 4.69) is 24.3 Å². The maximum absolute atomic E-state index is 12.5. The molecule has 0 aliphatic heterocycles. The monoisotopic (exact) mass is 301 g/mol. The van der Waals surface area contributed by atoms with Crippen molar-refractivity contribution in [1.82, 2.24) is 4.90 Å². The van der Waals surface area contributed by atoms with Gasteiger partial charge in [0, 0.05) is 7.05 Å². The van der Waals surface area contributed by atoms with Crippen LogP contribution in [0.2, 0.25) is 0 Å². The molecule has 0 saturated heterocycles. The molecule has 1 amide bonds. The number of hydrogen-bond donors (Lipinski definition) is 0. The third-order valence-electron chi connectivity index (χ3n) is 3.80. The number of carbonyl (C=O) groups is 1. The summed E-state index contributed by atoms with van der Waals surface area (Å²) in [6, 6.07) is 17.6. The number of aryl methyl sites for hydroxylation is 1. The lowest BCUT2D eigenvalue weighted by molar-refractivity contribution is -0.131. The Hall–Kier alpha value is -1.80. The average molecular weight is 302 g/mol. The van der Waals surface area contributed by atoms with Gasteiger partial charge in [-0.15, -0.1) is 11.6 Å². The molecule has 0 aromatic heterocycles. The molecule has 2 aromatic carbocycles. The third kappa shape index (κ3) is 3.64. The van der Waals surface area contributed by atoms with Gasteiger partial charge >= 0.3 is 0 Å². The fourth-order valence-electron chi connectivity index (χ4n) is 2.20. The van der Waals surface area contributed by atoms with Gasteiger partial charge in [-0.2, -0.15) is 0 Å². The Labute approximate surface area is 131 Å². The van der Waals surface area contributed by atoms with Crippen LogP contribution in [0, 0.1) is 6.92 Å². The Morgan fingerprint density at radius 3 is 2.14 bits per heavy atom. The van der Waals surface area contributed by atoms with E-state index in [9.17, 15) is 4.79 Å². The molecule has 0 N–H and O–H groups in total. The summed E-state index contributed by atoms with van der Waals surface area (Å²) >= 11 is 6.32. The van der Waals surface area contributed by atoms with Crippen LogP contribution in [0.5, 0.6) is 0 Å². The van der Waals surface area contributed by atoms with Gasteiger partial charge in [0.25, 0.3) is 0 Å². The maximum Gasteiger partial charge on any atom is 0.245 e. The molecule has 0 aliphatic rings. The van der Waals surface area contributed by atoms with E-state index in [1.165, 1.54) is 5.56 Å². The van der Waals surface area contributed by atoms with E-state index in [-0.39, 0.29) is 11.9 Å². The van der Waals surface area contributed by atoms with Gasteiger partial charge in [0.05, 0.1) is 6.04 Å². The molecule has 0 spiro atoms. The Bertz CT molecular complexity index is 594. The van der Waals surface area contributed by atoms with Crippen molar-refractivity contribution in [2.24, 2.45) is 0 Å². The molecule has 2 atom stereocenters. The highest BCUT2D eigenvalue weighted by atomic mass is 35.5. The van der Waals surface area contributed by atoms with Crippen LogP contribution in [0.1, 0.15) is 35.0 Å². The number of carbonyl (C=O) groups excluding carboxylic acids is 1. The van der Waals surface area contributed by atoms with Crippen LogP contribution in [-0.2, 0) is 4.79 Å². The topological polar surface area (TPSA) is 20.3 Å². The van der Waals surface area contributed by atoms with Crippen LogP contribution in [0.15, 0.2) is 54.6 Å². The highest BCUT2D eigenvalue weighted by molar-refractivity contribution is 6.30. The molecule has 2 rings (SSSR count). The van der Waals surface area contributed by atoms with Crippen molar-refractivity contribution in [1.29, 1.82) is 0 Å². The lowest BCUT2D eigenvalue weighted by Gasteiger charge is -2.27. The van der Waals surface area contributed by atoms with Crippen LogP contribution >= 0.6 is 11.6 Å². The molecule has 110 valence electrons. The van der Waals surface area contributed by atoms with Crippen molar-refractivity contribution in [3.63, 3.8) is 0 Å². The van der Waals surface area contributed by atoms with E-state index in [1.54, 1.807) is 11.9 Å². The number of benzene rings is 2. The summed E-state index contributed by atoms with van der Waals surface area (Å²) in [6.07, 6.45) is 0. The molecule has 2 unspecified atom stereocenters. The summed E-state index contributed by atoms with van der Waals surface area (Å²) in [5.41, 5.74) is 3.14. The van der Waals surface area contributed by atoms with Crippen LogP contribution in [-0.4, -0.2) is 17.9 Å². The minimum atomic E-state index is -0.649. The van der Waals surface area contributed by atoms with Crippen molar-refractivity contribution < 1.29 is 4.79 Å². The number of amides is 1. The second-order valence-corrected chi connectivity index (χ2v) is 5.75. The second kappa shape index (κ2) is 6.77. The van der Waals surface area contributed by atoms with Crippen LogP contribution < -0.4 is 0 Å². The highest BCUT2D eigenvalue weighted by Crippen LogP contribution is 2.27. The summed E-state index contributed by atoms with van der Waals surface area (Å²) in [5, 5.41) is -0.649. The molecule has 0 bridgehead atoms. The van der Waals surface area contributed by atoms with Gasteiger partial charge in [-0.25, -0.2) is 0 Å². The lowest BCUT2D eigenvalue weighted by Crippen LogP contribution is -2.32. The minimum Gasteiger partial charge on any atom is -0.337 e. The zero-order chi connectivity index (χ0) is 15.4. The fourth-order valence-corrected chi connectivity index (χ4v) is 2.50. The van der Waals surface area contributed by atoms with Crippen molar-refractivity contribution in [3.8, 4) is 0 Å². The lowest BCUT2D eigenvalue weighted by atomic mass is 10.0. The van der Waals surface area contributed by atoms with E-state index in [0.29, 0.717) is 0 Å². The quantitative estimate of drug-likeness (QED) is 0.762. The Balaban J connectivity index is 2.13. The number of halogens is 1. The van der Waals surface area contributed by atoms with Crippen LogP contribution in [0.4, 0.5) is 0 Å². The van der Waals surface area contributed by atoms with Gasteiger partial charge in [0.15, 0.2) is 0 Å². The first-order chi connectivity index (χ1) is 10.0. The molecule has 0 saturated carbocycles. The minimum absolute atomic E-state index is 0.0111. The van der Waals surface area contributed by atoms with Crippen molar-refractivity contribution >= 4 is 17.5 Å². The van der Waals surface area contributed by atoms with E-state index >= 15 is 0 Å². The Morgan fingerprint density at radius 1 is 1.00 bits per heavy atom. The second-order valence-electron chi connectivity index (χ2n) is 5.31. The normalized spacial score (nSPS) is 13.5. The Kier molecular flexibility index (Phi) is 5.03. The van der Waals surface area contributed by atoms with Crippen LogP contribution in [0.25, 0.3) is 0 Å². The summed E-state index contributed by atoms with van der Waals surface area (Å²) in [7, 11) is 1.80.